The molecule has 0 fully saturated rings. The molecule has 2 atom stereocenters. The van der Waals surface area contributed by atoms with Crippen LogP contribution in [0.4, 0.5) is 4.79 Å². The number of rotatable bonds is 6. The molecule has 1 unspecified atom stereocenters. The van der Waals surface area contributed by atoms with Gasteiger partial charge in [0.2, 0.25) is 5.53 Å². The minimum atomic E-state index is -2.67. The Kier molecular flexibility index (Phi) is 5.50. The Morgan fingerprint density at radius 3 is 2.35 bits per heavy atom. The molecular formula is C15H25NO3Si. The van der Waals surface area contributed by atoms with Crippen molar-refractivity contribution in [1.29, 1.82) is 0 Å². The lowest BCUT2D eigenvalue weighted by atomic mass is 10.1. The highest BCUT2D eigenvalue weighted by atomic mass is 28.4. The van der Waals surface area contributed by atoms with E-state index in [9.17, 15) is 9.90 Å². The van der Waals surface area contributed by atoms with Gasteiger partial charge in [0, 0.05) is 6.61 Å². The van der Waals surface area contributed by atoms with Gasteiger partial charge in [-0.3, -0.25) is 4.79 Å². The van der Waals surface area contributed by atoms with Gasteiger partial charge in [0.1, 0.15) is 0 Å². The number of hydrogen-bond donors (Lipinski definition) is 2. The highest BCUT2D eigenvalue weighted by Crippen LogP contribution is 2.37. The van der Waals surface area contributed by atoms with Crippen LogP contribution in [-0.4, -0.2) is 25.6 Å². The van der Waals surface area contributed by atoms with Crippen LogP contribution in [0.1, 0.15) is 38.9 Å². The SMILES string of the molecule is CC(C)(C)[Si](C)(OCC[C@H](O)c1ccccc1)C(N)=O. The zero-order chi connectivity index (χ0) is 15.4. The number of hydrogen-bond acceptors (Lipinski definition) is 3. The minimum absolute atomic E-state index is 0.267. The van der Waals surface area contributed by atoms with Gasteiger partial charge >= 0.3 is 0 Å². The molecule has 0 saturated heterocycles. The Morgan fingerprint density at radius 1 is 1.35 bits per heavy atom. The van der Waals surface area contributed by atoms with Crippen molar-refractivity contribution in [3.63, 3.8) is 0 Å². The van der Waals surface area contributed by atoms with Crippen LogP contribution in [0.25, 0.3) is 0 Å². The molecular weight excluding hydrogens is 270 g/mol. The summed E-state index contributed by atoms with van der Waals surface area (Å²) in [5.74, 6) is 0. The quantitative estimate of drug-likeness (QED) is 0.792. The van der Waals surface area contributed by atoms with Gasteiger partial charge in [0.25, 0.3) is 8.32 Å². The average Bonchev–Trinajstić information content (AvgIpc) is 2.37. The fourth-order valence-electron chi connectivity index (χ4n) is 1.87. The molecule has 1 aromatic carbocycles. The largest absolute Gasteiger partial charge is 0.407 e. The van der Waals surface area contributed by atoms with Crippen LogP contribution in [0.5, 0.6) is 0 Å². The number of benzene rings is 1. The smallest absolute Gasteiger partial charge is 0.294 e. The number of carbonyl (C=O) groups excluding carboxylic acids is 1. The first kappa shape index (κ1) is 16.9. The zero-order valence-electron chi connectivity index (χ0n) is 12.7. The normalized spacial score (nSPS) is 16.4. The molecule has 0 aliphatic rings. The lowest BCUT2D eigenvalue weighted by molar-refractivity contribution is 0.136. The van der Waals surface area contributed by atoms with Crippen molar-refractivity contribution < 1.29 is 14.3 Å². The molecule has 1 rings (SSSR count). The van der Waals surface area contributed by atoms with E-state index in [0.29, 0.717) is 13.0 Å². The summed E-state index contributed by atoms with van der Waals surface area (Å²) in [5.41, 5.74) is 6.03. The third-order valence-corrected chi connectivity index (χ3v) is 8.45. The van der Waals surface area contributed by atoms with Gasteiger partial charge in [0.05, 0.1) is 6.10 Å². The van der Waals surface area contributed by atoms with Crippen LogP contribution in [0, 0.1) is 0 Å². The molecule has 0 aliphatic carbocycles. The number of primary amides is 1. The monoisotopic (exact) mass is 295 g/mol. The molecule has 5 heteroatoms. The van der Waals surface area contributed by atoms with Gasteiger partial charge in [-0.15, -0.1) is 0 Å². The lowest BCUT2D eigenvalue weighted by Gasteiger charge is -2.36. The molecule has 0 aliphatic heterocycles. The molecule has 1 aromatic rings. The van der Waals surface area contributed by atoms with Gasteiger partial charge < -0.3 is 15.3 Å². The average molecular weight is 295 g/mol. The molecule has 1 amide bonds. The zero-order valence-corrected chi connectivity index (χ0v) is 13.7. The van der Waals surface area contributed by atoms with Crippen LogP contribution >= 0.6 is 0 Å². The predicted octanol–water partition coefficient (Wildman–Crippen LogP) is 3.16. The van der Waals surface area contributed by atoms with E-state index in [1.807, 2.05) is 57.7 Å². The van der Waals surface area contributed by atoms with Crippen molar-refractivity contribution >= 4 is 13.8 Å². The molecule has 0 heterocycles. The highest BCUT2D eigenvalue weighted by Gasteiger charge is 2.48. The van der Waals surface area contributed by atoms with Gasteiger partial charge in [-0.05, 0) is 23.6 Å². The van der Waals surface area contributed by atoms with E-state index in [-0.39, 0.29) is 10.6 Å². The fourth-order valence-corrected chi connectivity index (χ4v) is 3.71. The molecule has 3 N–H and O–H groups in total. The predicted molar refractivity (Wildman–Crippen MR) is 82.9 cm³/mol. The molecule has 0 spiro atoms. The number of carbonyl (C=O) groups is 1. The second-order valence-corrected chi connectivity index (χ2v) is 10.6. The van der Waals surface area contributed by atoms with E-state index in [0.717, 1.165) is 5.56 Å². The molecule has 112 valence electrons. The summed E-state index contributed by atoms with van der Waals surface area (Å²) in [6.45, 7) is 8.08. The molecule has 0 aromatic heterocycles. The third-order valence-electron chi connectivity index (χ3n) is 3.87. The van der Waals surface area contributed by atoms with Crippen molar-refractivity contribution in [3.05, 3.63) is 35.9 Å². The van der Waals surface area contributed by atoms with E-state index in [2.05, 4.69) is 0 Å². The summed E-state index contributed by atoms with van der Waals surface area (Å²) in [6, 6.07) is 9.43. The summed E-state index contributed by atoms with van der Waals surface area (Å²) in [4.78, 5) is 11.7. The van der Waals surface area contributed by atoms with Crippen LogP contribution < -0.4 is 5.73 Å². The first-order chi connectivity index (χ1) is 9.18. The van der Waals surface area contributed by atoms with E-state index >= 15 is 0 Å². The van der Waals surface area contributed by atoms with E-state index in [1.54, 1.807) is 0 Å². The van der Waals surface area contributed by atoms with E-state index in [4.69, 9.17) is 10.2 Å². The van der Waals surface area contributed by atoms with Crippen molar-refractivity contribution in [1.82, 2.24) is 0 Å². The maximum atomic E-state index is 11.7. The topological polar surface area (TPSA) is 72.6 Å². The lowest BCUT2D eigenvalue weighted by Crippen LogP contribution is -2.55. The maximum Gasteiger partial charge on any atom is 0.294 e. The molecule has 0 bridgehead atoms. The van der Waals surface area contributed by atoms with Gasteiger partial charge in [-0.25, -0.2) is 0 Å². The summed E-state index contributed by atoms with van der Waals surface area (Å²) >= 11 is 0. The summed E-state index contributed by atoms with van der Waals surface area (Å²) in [6.07, 6.45) is -0.127. The minimum Gasteiger partial charge on any atom is -0.407 e. The molecule has 0 radical (unpaired) electrons. The second-order valence-electron chi connectivity index (χ2n) is 6.21. The standard InChI is InChI=1S/C15H25NO3Si/c1-15(2,3)20(4,14(16)18)19-11-10-13(17)12-8-6-5-7-9-12/h5-9,13,17H,10-11H2,1-4H3,(H2,16,18)/t13-,20?/m0/s1. The Balaban J connectivity index is 2.60. The third kappa shape index (κ3) is 3.91. The fraction of sp³-hybridized carbons (Fsp3) is 0.533. The summed E-state index contributed by atoms with van der Waals surface area (Å²) in [7, 11) is -2.67. The van der Waals surface area contributed by atoms with Crippen LogP contribution in [0.15, 0.2) is 30.3 Å². The first-order valence-electron chi connectivity index (χ1n) is 6.85. The Hall–Kier alpha value is -1.17. The molecule has 20 heavy (non-hydrogen) atoms. The Morgan fingerprint density at radius 2 is 1.90 bits per heavy atom. The summed E-state index contributed by atoms with van der Waals surface area (Å²) < 4.78 is 5.85. The number of amides is 1. The van der Waals surface area contributed by atoms with Gasteiger partial charge in [0.15, 0.2) is 0 Å². The molecule has 0 saturated carbocycles. The number of aliphatic hydroxyl groups is 1. The number of aliphatic hydroxyl groups excluding tert-OH is 1. The van der Waals surface area contributed by atoms with E-state index < -0.39 is 14.4 Å². The first-order valence-corrected chi connectivity index (χ1v) is 9.26. The van der Waals surface area contributed by atoms with Crippen molar-refractivity contribution in [2.75, 3.05) is 6.61 Å². The van der Waals surface area contributed by atoms with Crippen molar-refractivity contribution in [3.8, 4) is 0 Å². The highest BCUT2D eigenvalue weighted by molar-refractivity contribution is 7.02. The van der Waals surface area contributed by atoms with Crippen LogP contribution in [-0.2, 0) is 4.43 Å². The van der Waals surface area contributed by atoms with Crippen LogP contribution in [0.3, 0.4) is 0 Å². The van der Waals surface area contributed by atoms with Gasteiger partial charge in [-0.2, -0.15) is 0 Å². The summed E-state index contributed by atoms with van der Waals surface area (Å²) in [5, 5.41) is 9.81. The molecule has 4 nitrogen and oxygen atoms in total. The van der Waals surface area contributed by atoms with Crippen molar-refractivity contribution in [2.24, 2.45) is 5.73 Å². The number of nitrogens with two attached hydrogens (primary N) is 1. The van der Waals surface area contributed by atoms with Crippen molar-refractivity contribution in [2.45, 2.75) is 44.9 Å². The Labute approximate surface area is 122 Å². The van der Waals surface area contributed by atoms with Gasteiger partial charge in [-0.1, -0.05) is 51.1 Å². The van der Waals surface area contributed by atoms with E-state index in [1.165, 1.54) is 0 Å². The van der Waals surface area contributed by atoms with Crippen LogP contribution in [0.2, 0.25) is 11.6 Å². The maximum absolute atomic E-state index is 11.7. The second kappa shape index (κ2) is 6.52. The Bertz CT molecular complexity index is 444.